The van der Waals surface area contributed by atoms with Gasteiger partial charge < -0.3 is 10.2 Å². The first-order chi connectivity index (χ1) is 6.79. The van der Waals surface area contributed by atoms with Crippen LogP contribution < -0.4 is 5.32 Å². The molecule has 3 heteroatoms. The molecule has 1 atom stereocenters. The highest BCUT2D eigenvalue weighted by Crippen LogP contribution is 2.21. The van der Waals surface area contributed by atoms with Crippen molar-refractivity contribution in [3.05, 3.63) is 0 Å². The molecule has 1 heterocycles. The standard InChI is InChI=1S/C11H20N2O/c1-2-9-6-7-13(8-9)11(14)12-10-4-3-5-10/h9-10H,2-8H2,1H3,(H,12,14). The second-order valence-corrected chi connectivity index (χ2v) is 4.59. The molecule has 0 bridgehead atoms. The second-order valence-electron chi connectivity index (χ2n) is 4.59. The average molecular weight is 196 g/mol. The number of nitrogens with one attached hydrogen (secondary N) is 1. The average Bonchev–Trinajstić information content (AvgIpc) is 2.59. The highest BCUT2D eigenvalue weighted by atomic mass is 16.2. The lowest BCUT2D eigenvalue weighted by atomic mass is 9.93. The largest absolute Gasteiger partial charge is 0.335 e. The lowest BCUT2D eigenvalue weighted by Crippen LogP contribution is -2.46. The van der Waals surface area contributed by atoms with E-state index in [1.54, 1.807) is 0 Å². The van der Waals surface area contributed by atoms with E-state index in [0.29, 0.717) is 6.04 Å². The van der Waals surface area contributed by atoms with Gasteiger partial charge in [-0.2, -0.15) is 0 Å². The quantitative estimate of drug-likeness (QED) is 0.719. The van der Waals surface area contributed by atoms with E-state index in [4.69, 9.17) is 0 Å². The summed E-state index contributed by atoms with van der Waals surface area (Å²) in [5.41, 5.74) is 0. The molecule has 1 unspecified atom stereocenters. The summed E-state index contributed by atoms with van der Waals surface area (Å²) >= 11 is 0. The zero-order chi connectivity index (χ0) is 9.97. The van der Waals surface area contributed by atoms with Crippen molar-refractivity contribution in [1.82, 2.24) is 10.2 Å². The van der Waals surface area contributed by atoms with Crippen molar-refractivity contribution in [3.8, 4) is 0 Å². The number of carbonyl (C=O) groups is 1. The molecule has 0 aromatic heterocycles. The molecule has 2 rings (SSSR count). The van der Waals surface area contributed by atoms with Crippen LogP contribution in [0.1, 0.15) is 39.0 Å². The minimum absolute atomic E-state index is 0.172. The van der Waals surface area contributed by atoms with Gasteiger partial charge in [-0.3, -0.25) is 0 Å². The summed E-state index contributed by atoms with van der Waals surface area (Å²) in [6, 6.07) is 0.647. The number of hydrogen-bond donors (Lipinski definition) is 1. The predicted molar refractivity (Wildman–Crippen MR) is 56.1 cm³/mol. The number of urea groups is 1. The maximum atomic E-state index is 11.7. The summed E-state index contributed by atoms with van der Waals surface area (Å²) in [6.45, 7) is 4.13. The summed E-state index contributed by atoms with van der Waals surface area (Å²) in [7, 11) is 0. The minimum Gasteiger partial charge on any atom is -0.335 e. The van der Waals surface area contributed by atoms with E-state index >= 15 is 0 Å². The van der Waals surface area contributed by atoms with Gasteiger partial charge in [0.15, 0.2) is 0 Å². The number of amides is 2. The lowest BCUT2D eigenvalue weighted by molar-refractivity contribution is 0.195. The summed E-state index contributed by atoms with van der Waals surface area (Å²) in [6.07, 6.45) is 6.03. The first kappa shape index (κ1) is 9.81. The van der Waals surface area contributed by atoms with Crippen LogP contribution in [-0.2, 0) is 0 Å². The topological polar surface area (TPSA) is 32.3 Å². The lowest BCUT2D eigenvalue weighted by Gasteiger charge is -2.29. The summed E-state index contributed by atoms with van der Waals surface area (Å²) in [5, 5.41) is 3.09. The van der Waals surface area contributed by atoms with Gasteiger partial charge in [-0.05, 0) is 31.6 Å². The Balaban J connectivity index is 1.74. The van der Waals surface area contributed by atoms with E-state index in [-0.39, 0.29) is 6.03 Å². The van der Waals surface area contributed by atoms with Gasteiger partial charge in [0, 0.05) is 19.1 Å². The molecule has 1 saturated heterocycles. The van der Waals surface area contributed by atoms with Gasteiger partial charge in [-0.1, -0.05) is 13.3 Å². The van der Waals surface area contributed by atoms with Crippen LogP contribution in [0.5, 0.6) is 0 Å². The highest BCUT2D eigenvalue weighted by Gasteiger charge is 2.27. The van der Waals surface area contributed by atoms with Crippen LogP contribution >= 0.6 is 0 Å². The number of rotatable bonds is 2. The molecule has 0 spiro atoms. The molecule has 2 aliphatic rings. The maximum Gasteiger partial charge on any atom is 0.317 e. The van der Waals surface area contributed by atoms with Gasteiger partial charge in [-0.25, -0.2) is 4.79 Å². The van der Waals surface area contributed by atoms with Gasteiger partial charge >= 0.3 is 6.03 Å². The van der Waals surface area contributed by atoms with Crippen molar-refractivity contribution >= 4 is 6.03 Å². The first-order valence-corrected chi connectivity index (χ1v) is 5.85. The SMILES string of the molecule is CCC1CCN(C(=O)NC2CCC2)C1. The van der Waals surface area contributed by atoms with Crippen molar-refractivity contribution in [3.63, 3.8) is 0 Å². The third-order valence-corrected chi connectivity index (χ3v) is 3.58. The minimum atomic E-state index is 0.172. The first-order valence-electron chi connectivity index (χ1n) is 5.85. The Morgan fingerprint density at radius 2 is 2.21 bits per heavy atom. The Morgan fingerprint density at radius 1 is 1.43 bits per heavy atom. The van der Waals surface area contributed by atoms with Gasteiger partial charge in [0.25, 0.3) is 0 Å². The molecule has 1 N–H and O–H groups in total. The van der Waals surface area contributed by atoms with E-state index in [9.17, 15) is 4.79 Å². The normalized spacial score (nSPS) is 27.5. The smallest absolute Gasteiger partial charge is 0.317 e. The molecule has 1 aliphatic heterocycles. The number of hydrogen-bond acceptors (Lipinski definition) is 1. The summed E-state index contributed by atoms with van der Waals surface area (Å²) < 4.78 is 0. The van der Waals surface area contributed by atoms with Gasteiger partial charge in [-0.15, -0.1) is 0 Å². The van der Waals surface area contributed by atoms with Crippen LogP contribution in [0.15, 0.2) is 0 Å². The predicted octanol–water partition coefficient (Wildman–Crippen LogP) is 1.98. The van der Waals surface area contributed by atoms with Crippen LogP contribution in [-0.4, -0.2) is 30.1 Å². The Kier molecular flexibility index (Phi) is 2.94. The van der Waals surface area contributed by atoms with Crippen molar-refractivity contribution in [1.29, 1.82) is 0 Å². The van der Waals surface area contributed by atoms with Crippen LogP contribution in [0.4, 0.5) is 4.79 Å². The molecule has 1 aliphatic carbocycles. The molecule has 2 amide bonds. The third-order valence-electron chi connectivity index (χ3n) is 3.58. The van der Waals surface area contributed by atoms with Crippen LogP contribution in [0.2, 0.25) is 0 Å². The Bertz CT molecular complexity index is 213. The molecule has 0 aromatic carbocycles. The Hall–Kier alpha value is -0.730. The van der Waals surface area contributed by atoms with E-state index in [1.807, 2.05) is 4.90 Å². The third kappa shape index (κ3) is 2.02. The fraction of sp³-hybridized carbons (Fsp3) is 0.909. The molecular formula is C11H20N2O. The monoisotopic (exact) mass is 196 g/mol. The fourth-order valence-electron chi connectivity index (χ4n) is 2.17. The number of carbonyl (C=O) groups excluding carboxylic acids is 1. The molecule has 0 aromatic rings. The van der Waals surface area contributed by atoms with Gasteiger partial charge in [0.05, 0.1) is 0 Å². The van der Waals surface area contributed by atoms with Crippen molar-refractivity contribution in [2.24, 2.45) is 5.92 Å². The van der Waals surface area contributed by atoms with Crippen molar-refractivity contribution < 1.29 is 4.79 Å². The fourth-order valence-corrected chi connectivity index (χ4v) is 2.17. The highest BCUT2D eigenvalue weighted by molar-refractivity contribution is 5.74. The molecule has 1 saturated carbocycles. The maximum absolute atomic E-state index is 11.7. The van der Waals surface area contributed by atoms with E-state index in [2.05, 4.69) is 12.2 Å². The van der Waals surface area contributed by atoms with Gasteiger partial charge in [0.1, 0.15) is 0 Å². The molecule has 80 valence electrons. The molecule has 14 heavy (non-hydrogen) atoms. The van der Waals surface area contributed by atoms with Crippen molar-refractivity contribution in [2.45, 2.75) is 45.1 Å². The zero-order valence-corrected chi connectivity index (χ0v) is 8.96. The summed E-state index contributed by atoms with van der Waals surface area (Å²) in [4.78, 5) is 13.7. The van der Waals surface area contributed by atoms with E-state index < -0.39 is 0 Å². The summed E-state index contributed by atoms with van der Waals surface area (Å²) in [5.74, 6) is 0.738. The number of likely N-dealkylation sites (tertiary alicyclic amines) is 1. The van der Waals surface area contributed by atoms with Crippen LogP contribution in [0.3, 0.4) is 0 Å². The Labute approximate surface area is 85.8 Å². The molecular weight excluding hydrogens is 176 g/mol. The van der Waals surface area contributed by atoms with E-state index in [1.165, 1.54) is 32.1 Å². The Morgan fingerprint density at radius 3 is 2.71 bits per heavy atom. The van der Waals surface area contributed by atoms with Crippen LogP contribution in [0, 0.1) is 5.92 Å². The van der Waals surface area contributed by atoms with Gasteiger partial charge in [0.2, 0.25) is 0 Å². The number of nitrogens with zero attached hydrogens (tertiary/aromatic N) is 1. The zero-order valence-electron chi connectivity index (χ0n) is 8.96. The van der Waals surface area contributed by atoms with Crippen molar-refractivity contribution in [2.75, 3.05) is 13.1 Å². The molecule has 3 nitrogen and oxygen atoms in total. The molecule has 2 fully saturated rings. The second kappa shape index (κ2) is 4.20. The van der Waals surface area contributed by atoms with E-state index in [0.717, 1.165) is 19.0 Å². The van der Waals surface area contributed by atoms with Crippen LogP contribution in [0.25, 0.3) is 0 Å². The molecule has 0 radical (unpaired) electrons.